The normalized spacial score (nSPS) is 16.1. The number of thiazole rings is 1. The van der Waals surface area contributed by atoms with E-state index in [1.54, 1.807) is 47.7 Å². The Bertz CT molecular complexity index is 1180. The van der Waals surface area contributed by atoms with Gasteiger partial charge in [-0.25, -0.2) is 4.98 Å². The summed E-state index contributed by atoms with van der Waals surface area (Å²) < 4.78 is 1.15. The van der Waals surface area contributed by atoms with Crippen LogP contribution >= 0.6 is 11.3 Å². The Labute approximate surface area is 178 Å². The predicted octanol–water partition coefficient (Wildman–Crippen LogP) is 5.50. The van der Waals surface area contributed by atoms with E-state index >= 15 is 0 Å². The molecule has 1 aromatic heterocycles. The van der Waals surface area contributed by atoms with E-state index in [1.807, 2.05) is 41.3 Å². The number of aromatic nitrogens is 1. The van der Waals surface area contributed by atoms with Gasteiger partial charge in [0.05, 0.1) is 16.3 Å². The van der Waals surface area contributed by atoms with Crippen LogP contribution in [0.1, 0.15) is 50.2 Å². The second-order valence-electron chi connectivity index (χ2n) is 7.45. The van der Waals surface area contributed by atoms with Gasteiger partial charge in [-0.1, -0.05) is 54.6 Å². The quantitative estimate of drug-likeness (QED) is 0.416. The SMILES string of the molecule is O=C(c1ccccc1)c1ccc(C(=O)N2CCC[C@H]2c2nc3ccccc3s2)cc1. The zero-order valence-corrected chi connectivity index (χ0v) is 17.1. The molecular weight excluding hydrogens is 392 g/mol. The number of benzene rings is 3. The van der Waals surface area contributed by atoms with Gasteiger partial charge in [-0.3, -0.25) is 9.59 Å². The van der Waals surface area contributed by atoms with Crippen molar-refractivity contribution >= 4 is 33.2 Å². The maximum Gasteiger partial charge on any atom is 0.254 e. The highest BCUT2D eigenvalue weighted by Crippen LogP contribution is 2.37. The number of rotatable bonds is 4. The zero-order chi connectivity index (χ0) is 20.5. The van der Waals surface area contributed by atoms with E-state index in [1.165, 1.54) is 0 Å². The van der Waals surface area contributed by atoms with Crippen molar-refractivity contribution in [2.24, 2.45) is 0 Å². The van der Waals surface area contributed by atoms with E-state index in [0.717, 1.165) is 34.6 Å². The molecule has 1 atom stereocenters. The number of carbonyl (C=O) groups excluding carboxylic acids is 2. The third-order valence-corrected chi connectivity index (χ3v) is 6.68. The van der Waals surface area contributed by atoms with Gasteiger partial charge in [-0.2, -0.15) is 0 Å². The molecule has 1 aliphatic heterocycles. The van der Waals surface area contributed by atoms with E-state index in [0.29, 0.717) is 16.7 Å². The number of nitrogens with zero attached hydrogens (tertiary/aromatic N) is 2. The molecule has 2 heterocycles. The lowest BCUT2D eigenvalue weighted by atomic mass is 10.0. The van der Waals surface area contributed by atoms with E-state index in [9.17, 15) is 9.59 Å². The Kier molecular flexibility index (Phi) is 4.89. The van der Waals surface area contributed by atoms with E-state index in [2.05, 4.69) is 6.07 Å². The fraction of sp³-hybridized carbons (Fsp3) is 0.160. The zero-order valence-electron chi connectivity index (χ0n) is 16.3. The van der Waals surface area contributed by atoms with Gasteiger partial charge in [-0.15, -0.1) is 11.3 Å². The molecule has 0 bridgehead atoms. The van der Waals surface area contributed by atoms with Crippen LogP contribution in [-0.4, -0.2) is 28.1 Å². The van der Waals surface area contributed by atoms with Crippen LogP contribution in [0, 0.1) is 0 Å². The van der Waals surface area contributed by atoms with Gasteiger partial charge < -0.3 is 4.90 Å². The third-order valence-electron chi connectivity index (χ3n) is 5.54. The van der Waals surface area contributed by atoms with Crippen molar-refractivity contribution in [3.05, 3.63) is 101 Å². The van der Waals surface area contributed by atoms with Gasteiger partial charge in [0.2, 0.25) is 0 Å². The molecule has 1 aliphatic rings. The van der Waals surface area contributed by atoms with E-state index < -0.39 is 0 Å². The monoisotopic (exact) mass is 412 g/mol. The molecule has 3 aromatic carbocycles. The molecule has 0 unspecified atom stereocenters. The van der Waals surface area contributed by atoms with Crippen LogP contribution < -0.4 is 0 Å². The Morgan fingerprint density at radius 3 is 2.27 bits per heavy atom. The standard InChI is InChI=1S/C25H20N2O2S/c28-23(17-7-2-1-3-8-17)18-12-14-19(15-13-18)25(29)27-16-6-10-21(27)24-26-20-9-4-5-11-22(20)30-24/h1-5,7-9,11-15,21H,6,10,16H2/t21-/m0/s1. The van der Waals surface area contributed by atoms with Gasteiger partial charge in [0.25, 0.3) is 5.91 Å². The summed E-state index contributed by atoms with van der Waals surface area (Å²) in [4.78, 5) is 32.5. The molecule has 1 saturated heterocycles. The van der Waals surface area contributed by atoms with Gasteiger partial charge >= 0.3 is 0 Å². The van der Waals surface area contributed by atoms with Crippen LogP contribution in [0.4, 0.5) is 0 Å². The molecule has 0 radical (unpaired) electrons. The highest BCUT2D eigenvalue weighted by molar-refractivity contribution is 7.18. The van der Waals surface area contributed by atoms with Gasteiger partial charge in [0, 0.05) is 23.2 Å². The summed E-state index contributed by atoms with van der Waals surface area (Å²) in [5.41, 5.74) is 2.82. The van der Waals surface area contributed by atoms with Crippen molar-refractivity contribution in [1.29, 1.82) is 0 Å². The summed E-state index contributed by atoms with van der Waals surface area (Å²) >= 11 is 1.67. The molecule has 30 heavy (non-hydrogen) atoms. The second-order valence-corrected chi connectivity index (χ2v) is 8.51. The molecular formula is C25H20N2O2S. The second kappa shape index (κ2) is 7.84. The lowest BCUT2D eigenvalue weighted by Crippen LogP contribution is -2.30. The van der Waals surface area contributed by atoms with Crippen LogP contribution in [0.5, 0.6) is 0 Å². The lowest BCUT2D eigenvalue weighted by molar-refractivity contribution is 0.0735. The summed E-state index contributed by atoms with van der Waals surface area (Å²) in [6.45, 7) is 0.726. The number of hydrogen-bond donors (Lipinski definition) is 0. The first kappa shape index (κ1) is 18.7. The summed E-state index contributed by atoms with van der Waals surface area (Å²) in [6, 6.07) is 24.3. The molecule has 0 N–H and O–H groups in total. The average Bonchev–Trinajstić information content (AvgIpc) is 3.45. The van der Waals surface area contributed by atoms with Crippen molar-refractivity contribution in [1.82, 2.24) is 9.88 Å². The lowest BCUT2D eigenvalue weighted by Gasteiger charge is -2.23. The summed E-state index contributed by atoms with van der Waals surface area (Å²) in [6.07, 6.45) is 1.90. The largest absolute Gasteiger partial charge is 0.329 e. The number of fused-ring (bicyclic) bond motifs is 1. The van der Waals surface area contributed by atoms with Gasteiger partial charge in [-0.05, 0) is 37.1 Å². The van der Waals surface area contributed by atoms with Crippen LogP contribution in [0.3, 0.4) is 0 Å². The van der Waals surface area contributed by atoms with Crippen LogP contribution in [0.25, 0.3) is 10.2 Å². The molecule has 5 heteroatoms. The van der Waals surface area contributed by atoms with Crippen molar-refractivity contribution < 1.29 is 9.59 Å². The Morgan fingerprint density at radius 2 is 1.50 bits per heavy atom. The summed E-state index contributed by atoms with van der Waals surface area (Å²) in [7, 11) is 0. The molecule has 1 fully saturated rings. The van der Waals surface area contributed by atoms with Crippen LogP contribution in [-0.2, 0) is 0 Å². The number of carbonyl (C=O) groups is 2. The Morgan fingerprint density at radius 1 is 0.833 bits per heavy atom. The number of likely N-dealkylation sites (tertiary alicyclic amines) is 1. The number of hydrogen-bond acceptors (Lipinski definition) is 4. The first-order chi connectivity index (χ1) is 14.7. The third kappa shape index (κ3) is 3.42. The number of para-hydroxylation sites is 1. The van der Waals surface area contributed by atoms with Crippen molar-refractivity contribution in [3.8, 4) is 0 Å². The first-order valence-electron chi connectivity index (χ1n) is 10.1. The first-order valence-corrected chi connectivity index (χ1v) is 10.9. The van der Waals surface area contributed by atoms with Crippen LogP contribution in [0.15, 0.2) is 78.9 Å². The number of amides is 1. The van der Waals surface area contributed by atoms with Crippen molar-refractivity contribution in [2.45, 2.75) is 18.9 Å². The maximum atomic E-state index is 13.2. The van der Waals surface area contributed by atoms with Gasteiger partial charge in [0.1, 0.15) is 5.01 Å². The Hall–Kier alpha value is -3.31. The minimum Gasteiger partial charge on any atom is -0.329 e. The molecule has 5 rings (SSSR count). The minimum atomic E-state index is -0.0388. The minimum absolute atomic E-state index is 0.00420. The highest BCUT2D eigenvalue weighted by atomic mass is 32.1. The molecule has 0 aliphatic carbocycles. The maximum absolute atomic E-state index is 13.2. The topological polar surface area (TPSA) is 50.3 Å². The smallest absolute Gasteiger partial charge is 0.254 e. The molecule has 0 saturated carbocycles. The molecule has 0 spiro atoms. The molecule has 4 nitrogen and oxygen atoms in total. The highest BCUT2D eigenvalue weighted by Gasteiger charge is 2.32. The summed E-state index contributed by atoms with van der Waals surface area (Å²) in [5, 5.41) is 0.998. The van der Waals surface area contributed by atoms with Crippen molar-refractivity contribution in [2.75, 3.05) is 6.54 Å². The average molecular weight is 413 g/mol. The fourth-order valence-corrected chi connectivity index (χ4v) is 5.10. The predicted molar refractivity (Wildman–Crippen MR) is 119 cm³/mol. The Balaban J connectivity index is 1.37. The van der Waals surface area contributed by atoms with Crippen LogP contribution in [0.2, 0.25) is 0 Å². The van der Waals surface area contributed by atoms with E-state index in [-0.39, 0.29) is 17.7 Å². The van der Waals surface area contributed by atoms with Crippen molar-refractivity contribution in [3.63, 3.8) is 0 Å². The molecule has 148 valence electrons. The molecule has 1 amide bonds. The van der Waals surface area contributed by atoms with E-state index in [4.69, 9.17) is 4.98 Å². The summed E-state index contributed by atoms with van der Waals surface area (Å²) in [5.74, 6) is -0.0430. The molecule has 4 aromatic rings. The van der Waals surface area contributed by atoms with Gasteiger partial charge in [0.15, 0.2) is 5.78 Å². The number of ketones is 1. The fourth-order valence-electron chi connectivity index (χ4n) is 3.99.